The van der Waals surface area contributed by atoms with Crippen LogP contribution in [0.1, 0.15) is 0 Å². The summed E-state index contributed by atoms with van der Waals surface area (Å²) in [6.07, 6.45) is 0. The molecule has 0 unspecified atom stereocenters. The highest BCUT2D eigenvalue weighted by Gasteiger charge is 2.17. The molecule has 4 heteroatoms. The minimum Gasteiger partial charge on any atom is -0.436 e. The van der Waals surface area contributed by atoms with Crippen molar-refractivity contribution < 1.29 is 4.42 Å². The molecule has 0 aliphatic carbocycles. The molecule has 10 aromatic rings. The molecule has 220 valence electrons. The largest absolute Gasteiger partial charge is 0.436 e. The van der Waals surface area contributed by atoms with Gasteiger partial charge >= 0.3 is 0 Å². The number of oxazole rings is 1. The topological polar surface area (TPSA) is 35.9 Å². The van der Waals surface area contributed by atoms with Crippen molar-refractivity contribution >= 4 is 54.7 Å². The van der Waals surface area contributed by atoms with E-state index in [1.807, 2.05) is 0 Å². The minimum absolute atomic E-state index is 0.616. The highest BCUT2D eigenvalue weighted by atomic mass is 16.3. The first-order valence-electron chi connectivity index (χ1n) is 15.9. The van der Waals surface area contributed by atoms with Gasteiger partial charge in [-0.3, -0.25) is 0 Å². The van der Waals surface area contributed by atoms with E-state index in [-0.39, 0.29) is 0 Å². The third-order valence-corrected chi connectivity index (χ3v) is 9.34. The molecule has 7 aromatic carbocycles. The summed E-state index contributed by atoms with van der Waals surface area (Å²) < 4.78 is 11.1. The predicted molar refractivity (Wildman–Crippen MR) is 194 cm³/mol. The standard InChI is InChI=1S/C43H27N3O/c1-3-11-31(12-4-1)45-39-18-10-8-16-34(39)36-25-28(21-24-40(36)45)29-20-23-37-42(27-29)47-43(44-37)30-19-22-35-33-15-7-9-17-38(33)46(41(35)26-30)32-13-5-2-6-14-32/h1-27H. The third kappa shape index (κ3) is 3.98. The van der Waals surface area contributed by atoms with Crippen molar-refractivity contribution in [2.45, 2.75) is 0 Å². The molecule has 0 aliphatic heterocycles. The van der Waals surface area contributed by atoms with Gasteiger partial charge < -0.3 is 13.6 Å². The Kier molecular flexibility index (Phi) is 5.54. The molecule has 3 aromatic heterocycles. The van der Waals surface area contributed by atoms with Crippen molar-refractivity contribution in [3.8, 4) is 34.0 Å². The zero-order chi connectivity index (χ0) is 30.9. The van der Waals surface area contributed by atoms with Crippen molar-refractivity contribution in [1.82, 2.24) is 14.1 Å². The summed E-state index contributed by atoms with van der Waals surface area (Å²) in [6, 6.07) is 57.8. The fourth-order valence-electron chi connectivity index (χ4n) is 7.19. The van der Waals surface area contributed by atoms with Crippen molar-refractivity contribution in [1.29, 1.82) is 0 Å². The molecular weight excluding hydrogens is 574 g/mol. The molecule has 0 saturated carbocycles. The normalized spacial score (nSPS) is 11.8. The van der Waals surface area contributed by atoms with E-state index in [2.05, 4.69) is 173 Å². The number of nitrogens with zero attached hydrogens (tertiary/aromatic N) is 3. The summed E-state index contributed by atoms with van der Waals surface area (Å²) in [5.41, 5.74) is 11.8. The third-order valence-electron chi connectivity index (χ3n) is 9.34. The van der Waals surface area contributed by atoms with Crippen LogP contribution in [0.25, 0.3) is 88.7 Å². The monoisotopic (exact) mass is 601 g/mol. The van der Waals surface area contributed by atoms with Gasteiger partial charge in [0.15, 0.2) is 5.58 Å². The van der Waals surface area contributed by atoms with Crippen LogP contribution in [-0.4, -0.2) is 14.1 Å². The molecule has 3 heterocycles. The van der Waals surface area contributed by atoms with Gasteiger partial charge in [-0.05, 0) is 83.9 Å². The van der Waals surface area contributed by atoms with Gasteiger partial charge in [-0.1, -0.05) is 91.0 Å². The van der Waals surface area contributed by atoms with E-state index in [1.165, 1.54) is 38.1 Å². The maximum absolute atomic E-state index is 6.48. The summed E-state index contributed by atoms with van der Waals surface area (Å²) in [7, 11) is 0. The summed E-state index contributed by atoms with van der Waals surface area (Å²) in [5.74, 6) is 0.616. The van der Waals surface area contributed by atoms with E-state index in [1.54, 1.807) is 0 Å². The Morgan fingerprint density at radius 2 is 0.915 bits per heavy atom. The SMILES string of the molecule is c1ccc(-n2c3ccccc3c3cc(-c4ccc5nc(-c6ccc7c8ccccc8n(-c8ccccc8)c7c6)oc5c4)ccc32)cc1. The van der Waals surface area contributed by atoms with Crippen molar-refractivity contribution in [2.24, 2.45) is 0 Å². The van der Waals surface area contributed by atoms with Gasteiger partial charge in [-0.25, -0.2) is 4.98 Å². The molecule has 0 saturated heterocycles. The quantitative estimate of drug-likeness (QED) is 0.201. The van der Waals surface area contributed by atoms with Crippen LogP contribution in [0.15, 0.2) is 168 Å². The molecule has 0 fully saturated rings. The highest BCUT2D eigenvalue weighted by molar-refractivity contribution is 6.11. The zero-order valence-electron chi connectivity index (χ0n) is 25.3. The summed E-state index contributed by atoms with van der Waals surface area (Å²) in [6.45, 7) is 0. The van der Waals surface area contributed by atoms with Gasteiger partial charge in [0.1, 0.15) is 5.52 Å². The summed E-state index contributed by atoms with van der Waals surface area (Å²) in [5, 5.41) is 4.89. The first-order valence-corrected chi connectivity index (χ1v) is 15.9. The number of aromatic nitrogens is 3. The average Bonchev–Trinajstić information content (AvgIpc) is 3.81. The molecule has 0 N–H and O–H groups in total. The smallest absolute Gasteiger partial charge is 0.227 e. The van der Waals surface area contributed by atoms with Crippen LogP contribution in [0.2, 0.25) is 0 Å². The number of para-hydroxylation sites is 4. The molecule has 10 rings (SSSR count). The molecule has 0 spiro atoms. The van der Waals surface area contributed by atoms with Crippen LogP contribution in [0.4, 0.5) is 0 Å². The van der Waals surface area contributed by atoms with Crippen LogP contribution >= 0.6 is 0 Å². The van der Waals surface area contributed by atoms with Gasteiger partial charge in [0.05, 0.1) is 22.1 Å². The Labute approximate surface area is 270 Å². The van der Waals surface area contributed by atoms with Gasteiger partial charge in [0.25, 0.3) is 0 Å². The molecule has 0 aliphatic rings. The summed E-state index contributed by atoms with van der Waals surface area (Å²) >= 11 is 0. The maximum Gasteiger partial charge on any atom is 0.227 e. The van der Waals surface area contributed by atoms with Crippen molar-refractivity contribution in [3.63, 3.8) is 0 Å². The molecular formula is C43H27N3O. The van der Waals surface area contributed by atoms with Gasteiger partial charge in [-0.2, -0.15) is 0 Å². The lowest BCUT2D eigenvalue weighted by molar-refractivity contribution is 0.620. The van der Waals surface area contributed by atoms with E-state index < -0.39 is 0 Å². The number of rotatable bonds is 4. The second-order valence-electron chi connectivity index (χ2n) is 12.0. The maximum atomic E-state index is 6.48. The first-order chi connectivity index (χ1) is 23.3. The molecule has 4 nitrogen and oxygen atoms in total. The average molecular weight is 602 g/mol. The van der Waals surface area contributed by atoms with Crippen molar-refractivity contribution in [2.75, 3.05) is 0 Å². The fraction of sp³-hybridized carbons (Fsp3) is 0. The van der Waals surface area contributed by atoms with Crippen LogP contribution in [-0.2, 0) is 0 Å². The lowest BCUT2D eigenvalue weighted by atomic mass is 10.0. The lowest BCUT2D eigenvalue weighted by Gasteiger charge is -2.08. The van der Waals surface area contributed by atoms with Crippen molar-refractivity contribution in [3.05, 3.63) is 164 Å². The van der Waals surface area contributed by atoms with Gasteiger partial charge in [0, 0.05) is 38.5 Å². The van der Waals surface area contributed by atoms with Crippen LogP contribution in [0, 0.1) is 0 Å². The lowest BCUT2D eigenvalue weighted by Crippen LogP contribution is -1.93. The number of fused-ring (bicyclic) bond motifs is 7. The summed E-state index contributed by atoms with van der Waals surface area (Å²) in [4.78, 5) is 4.93. The number of benzene rings is 7. The Balaban J connectivity index is 1.09. The van der Waals surface area contributed by atoms with Gasteiger partial charge in [0.2, 0.25) is 5.89 Å². The Hall–Kier alpha value is -6.39. The predicted octanol–water partition coefficient (Wildman–Crippen LogP) is 11.4. The molecule has 47 heavy (non-hydrogen) atoms. The minimum atomic E-state index is 0.616. The van der Waals surface area contributed by atoms with Crippen LogP contribution in [0.5, 0.6) is 0 Å². The second-order valence-corrected chi connectivity index (χ2v) is 12.0. The molecule has 0 bridgehead atoms. The second kappa shape index (κ2) is 10.1. The van der Waals surface area contributed by atoms with E-state index >= 15 is 0 Å². The number of hydrogen-bond acceptors (Lipinski definition) is 2. The Morgan fingerprint density at radius 3 is 1.64 bits per heavy atom. The van der Waals surface area contributed by atoms with Crippen LogP contribution in [0.3, 0.4) is 0 Å². The number of hydrogen-bond donors (Lipinski definition) is 0. The Bertz CT molecular complexity index is 2780. The molecule has 0 radical (unpaired) electrons. The highest BCUT2D eigenvalue weighted by Crippen LogP contribution is 2.38. The molecule has 0 amide bonds. The van der Waals surface area contributed by atoms with Crippen LogP contribution < -0.4 is 0 Å². The fourth-order valence-corrected chi connectivity index (χ4v) is 7.19. The molecule has 0 atom stereocenters. The van der Waals surface area contributed by atoms with E-state index in [0.29, 0.717) is 5.89 Å². The Morgan fingerprint density at radius 1 is 0.383 bits per heavy atom. The van der Waals surface area contributed by atoms with Gasteiger partial charge in [-0.15, -0.1) is 0 Å². The van der Waals surface area contributed by atoms with E-state index in [9.17, 15) is 0 Å². The van der Waals surface area contributed by atoms with E-state index in [0.717, 1.165) is 44.7 Å². The zero-order valence-corrected chi connectivity index (χ0v) is 25.3. The van der Waals surface area contributed by atoms with E-state index in [4.69, 9.17) is 9.40 Å². The first kappa shape index (κ1) is 25.9.